The fraction of sp³-hybridized carbons (Fsp3) is 0.333. The number of aliphatic hydroxyl groups is 1. The lowest BCUT2D eigenvalue weighted by atomic mass is 9.87. The van der Waals surface area contributed by atoms with E-state index in [1.54, 1.807) is 11.8 Å². The molecule has 0 heterocycles. The maximum absolute atomic E-state index is 9.20. The van der Waals surface area contributed by atoms with Crippen LogP contribution in [0.15, 0.2) is 52.3 Å². The fourth-order valence-electron chi connectivity index (χ4n) is 2.07. The molecule has 2 rings (SSSR count). The molecule has 0 aromatic heterocycles. The second-order valence-corrected chi connectivity index (χ2v) is 7.27. The molecule has 0 fully saturated rings. The molecule has 0 saturated heterocycles. The van der Waals surface area contributed by atoms with E-state index >= 15 is 0 Å². The van der Waals surface area contributed by atoms with E-state index in [0.717, 1.165) is 11.1 Å². The van der Waals surface area contributed by atoms with Gasteiger partial charge in [-0.25, -0.2) is 0 Å². The van der Waals surface area contributed by atoms with Crippen molar-refractivity contribution in [3.8, 4) is 0 Å². The van der Waals surface area contributed by atoms with Gasteiger partial charge in [-0.05, 0) is 53.3 Å². The Bertz CT molecular complexity index is 579. The standard InChI is InChI=1S/C18H22OS/c1-13-11-17(8-5-14(13)12-19)20-16-9-6-15(7-10-16)18(2,3)4/h5-11,19H,12H2,1-4H3. The summed E-state index contributed by atoms with van der Waals surface area (Å²) in [5.74, 6) is 0. The Balaban J connectivity index is 2.16. The molecule has 0 radical (unpaired) electrons. The quantitative estimate of drug-likeness (QED) is 0.862. The molecule has 0 aliphatic heterocycles. The predicted molar refractivity (Wildman–Crippen MR) is 86.4 cm³/mol. The van der Waals surface area contributed by atoms with E-state index in [9.17, 15) is 5.11 Å². The van der Waals surface area contributed by atoms with Crippen LogP contribution in [-0.2, 0) is 12.0 Å². The van der Waals surface area contributed by atoms with Crippen molar-refractivity contribution in [1.29, 1.82) is 0 Å². The van der Waals surface area contributed by atoms with Crippen molar-refractivity contribution >= 4 is 11.8 Å². The summed E-state index contributed by atoms with van der Waals surface area (Å²) < 4.78 is 0. The molecule has 0 atom stereocenters. The summed E-state index contributed by atoms with van der Waals surface area (Å²) in [6, 6.07) is 15.0. The topological polar surface area (TPSA) is 20.2 Å². The molecule has 20 heavy (non-hydrogen) atoms. The van der Waals surface area contributed by atoms with Crippen molar-refractivity contribution < 1.29 is 5.11 Å². The summed E-state index contributed by atoms with van der Waals surface area (Å²) in [7, 11) is 0. The molecule has 0 saturated carbocycles. The van der Waals surface area contributed by atoms with Crippen molar-refractivity contribution in [3.05, 3.63) is 59.2 Å². The Kier molecular flexibility index (Phi) is 4.56. The normalized spacial score (nSPS) is 11.7. The molecule has 1 nitrogen and oxygen atoms in total. The average Bonchev–Trinajstić information content (AvgIpc) is 2.38. The van der Waals surface area contributed by atoms with Crippen molar-refractivity contribution in [1.82, 2.24) is 0 Å². The third kappa shape index (κ3) is 3.65. The largest absolute Gasteiger partial charge is 0.392 e. The number of hydrogen-bond acceptors (Lipinski definition) is 2. The molecular weight excluding hydrogens is 264 g/mol. The van der Waals surface area contributed by atoms with Gasteiger partial charge in [-0.15, -0.1) is 0 Å². The lowest BCUT2D eigenvalue weighted by molar-refractivity contribution is 0.281. The predicted octanol–water partition coefficient (Wildman–Crippen LogP) is 4.94. The smallest absolute Gasteiger partial charge is 0.0684 e. The number of rotatable bonds is 3. The number of aryl methyl sites for hydroxylation is 1. The molecule has 0 spiro atoms. The summed E-state index contributed by atoms with van der Waals surface area (Å²) in [4.78, 5) is 2.46. The minimum Gasteiger partial charge on any atom is -0.392 e. The highest BCUT2D eigenvalue weighted by Gasteiger charge is 2.12. The molecule has 2 heteroatoms. The van der Waals surface area contributed by atoms with Crippen LogP contribution in [-0.4, -0.2) is 5.11 Å². The van der Waals surface area contributed by atoms with Gasteiger partial charge >= 0.3 is 0 Å². The number of benzene rings is 2. The minimum absolute atomic E-state index is 0.108. The van der Waals surface area contributed by atoms with E-state index in [0.29, 0.717) is 0 Å². The van der Waals surface area contributed by atoms with Crippen molar-refractivity contribution in [2.75, 3.05) is 0 Å². The van der Waals surface area contributed by atoms with E-state index in [-0.39, 0.29) is 12.0 Å². The van der Waals surface area contributed by atoms with Crippen molar-refractivity contribution in [2.24, 2.45) is 0 Å². The molecule has 1 N–H and O–H groups in total. The Hall–Kier alpha value is -1.25. The van der Waals surface area contributed by atoms with Gasteiger partial charge < -0.3 is 5.11 Å². The van der Waals surface area contributed by atoms with Gasteiger partial charge in [0, 0.05) is 9.79 Å². The van der Waals surface area contributed by atoms with Crippen LogP contribution in [0.1, 0.15) is 37.5 Å². The van der Waals surface area contributed by atoms with Gasteiger partial charge in [0.2, 0.25) is 0 Å². The van der Waals surface area contributed by atoms with Gasteiger partial charge in [0.1, 0.15) is 0 Å². The Morgan fingerprint density at radius 1 is 0.950 bits per heavy atom. The van der Waals surface area contributed by atoms with Crippen LogP contribution < -0.4 is 0 Å². The lowest BCUT2D eigenvalue weighted by Crippen LogP contribution is -2.10. The van der Waals surface area contributed by atoms with Crippen LogP contribution in [0.3, 0.4) is 0 Å². The summed E-state index contributed by atoms with van der Waals surface area (Å²) in [5, 5.41) is 9.20. The highest BCUT2D eigenvalue weighted by molar-refractivity contribution is 7.99. The second kappa shape index (κ2) is 6.02. The third-order valence-electron chi connectivity index (χ3n) is 3.44. The summed E-state index contributed by atoms with van der Waals surface area (Å²) >= 11 is 1.76. The number of hydrogen-bond donors (Lipinski definition) is 1. The van der Waals surface area contributed by atoms with Gasteiger partial charge in [-0.1, -0.05) is 50.7 Å². The summed E-state index contributed by atoms with van der Waals surface area (Å²) in [5.41, 5.74) is 3.69. The highest BCUT2D eigenvalue weighted by Crippen LogP contribution is 2.31. The van der Waals surface area contributed by atoms with Gasteiger partial charge in [-0.3, -0.25) is 0 Å². The van der Waals surface area contributed by atoms with Gasteiger partial charge in [0.15, 0.2) is 0 Å². The zero-order valence-corrected chi connectivity index (χ0v) is 13.4. The van der Waals surface area contributed by atoms with E-state index < -0.39 is 0 Å². The maximum atomic E-state index is 9.20. The van der Waals surface area contributed by atoms with Crippen molar-refractivity contribution in [2.45, 2.75) is 49.5 Å². The molecular formula is C18H22OS. The van der Waals surface area contributed by atoms with E-state index in [4.69, 9.17) is 0 Å². The van der Waals surface area contributed by atoms with Gasteiger partial charge in [0.25, 0.3) is 0 Å². The molecule has 2 aromatic rings. The van der Waals surface area contributed by atoms with Crippen LogP contribution in [0.4, 0.5) is 0 Å². The molecule has 2 aromatic carbocycles. The van der Waals surface area contributed by atoms with Gasteiger partial charge in [-0.2, -0.15) is 0 Å². The molecule has 0 amide bonds. The van der Waals surface area contributed by atoms with E-state index in [1.807, 2.05) is 13.0 Å². The highest BCUT2D eigenvalue weighted by atomic mass is 32.2. The van der Waals surface area contributed by atoms with E-state index in [2.05, 4.69) is 57.2 Å². The lowest BCUT2D eigenvalue weighted by Gasteiger charge is -2.19. The first-order chi connectivity index (χ1) is 9.40. The third-order valence-corrected chi connectivity index (χ3v) is 4.44. The SMILES string of the molecule is Cc1cc(Sc2ccc(C(C)(C)C)cc2)ccc1CO. The molecule has 106 valence electrons. The first-order valence-electron chi connectivity index (χ1n) is 6.89. The maximum Gasteiger partial charge on any atom is 0.0684 e. The van der Waals surface area contributed by atoms with Crippen LogP contribution in [0.5, 0.6) is 0 Å². The van der Waals surface area contributed by atoms with Crippen LogP contribution in [0, 0.1) is 6.92 Å². The Labute approximate surface area is 126 Å². The zero-order valence-electron chi connectivity index (χ0n) is 12.6. The average molecular weight is 286 g/mol. The monoisotopic (exact) mass is 286 g/mol. The minimum atomic E-state index is 0.108. The molecule has 0 unspecified atom stereocenters. The molecule has 0 aliphatic carbocycles. The Morgan fingerprint density at radius 3 is 2.05 bits per heavy atom. The summed E-state index contributed by atoms with van der Waals surface area (Å²) in [6.45, 7) is 8.83. The van der Waals surface area contributed by atoms with Crippen LogP contribution in [0.25, 0.3) is 0 Å². The van der Waals surface area contributed by atoms with Crippen LogP contribution in [0.2, 0.25) is 0 Å². The fourth-order valence-corrected chi connectivity index (χ4v) is 2.98. The molecule has 0 aliphatic rings. The van der Waals surface area contributed by atoms with Crippen molar-refractivity contribution in [3.63, 3.8) is 0 Å². The zero-order chi connectivity index (χ0) is 14.8. The van der Waals surface area contributed by atoms with Crippen LogP contribution >= 0.6 is 11.8 Å². The van der Waals surface area contributed by atoms with Gasteiger partial charge in [0.05, 0.1) is 6.61 Å². The first-order valence-corrected chi connectivity index (χ1v) is 7.70. The second-order valence-electron chi connectivity index (χ2n) is 6.12. The number of aliphatic hydroxyl groups excluding tert-OH is 1. The Morgan fingerprint density at radius 2 is 1.55 bits per heavy atom. The summed E-state index contributed by atoms with van der Waals surface area (Å²) in [6.07, 6.45) is 0. The first kappa shape index (κ1) is 15.1. The molecule has 0 bridgehead atoms. The van der Waals surface area contributed by atoms with E-state index in [1.165, 1.54) is 15.4 Å².